The van der Waals surface area contributed by atoms with Crippen molar-refractivity contribution in [3.63, 3.8) is 0 Å². The van der Waals surface area contributed by atoms with Gasteiger partial charge in [0.2, 0.25) is 0 Å². The number of hydrogen-bond acceptors (Lipinski definition) is 3. The fourth-order valence-corrected chi connectivity index (χ4v) is 7.85. The molecule has 0 amide bonds. The minimum absolute atomic E-state index is 0.631. The molecule has 0 unspecified atom stereocenters. The summed E-state index contributed by atoms with van der Waals surface area (Å²) in [6.07, 6.45) is 1.01. The van der Waals surface area contributed by atoms with Crippen LogP contribution in [-0.2, 0) is 0 Å². The second-order valence-electron chi connectivity index (χ2n) is 5.46. The van der Waals surface area contributed by atoms with Crippen LogP contribution in [-0.4, -0.2) is 25.2 Å². The Balaban J connectivity index is 2.32. The van der Waals surface area contributed by atoms with Crippen molar-refractivity contribution in [2.24, 2.45) is 0 Å². The number of ether oxygens (including phenoxy) is 1. The van der Waals surface area contributed by atoms with Crippen LogP contribution in [0.2, 0.25) is 0 Å². The van der Waals surface area contributed by atoms with Crippen molar-refractivity contribution in [1.29, 1.82) is 0 Å². The third-order valence-electron chi connectivity index (χ3n) is 3.44. The van der Waals surface area contributed by atoms with Crippen molar-refractivity contribution in [2.75, 3.05) is 11.5 Å². The standard InChI is InChI=1S/C16H15B2I4NOS/c1-3-8-24-13-9-25-14(10(13)2)11-4-6-12(7-5-11)23(15(17,19)20)16(18,21)22/h4-7,9H,3,8H2,1-2H3. The molecule has 1 aromatic carbocycles. The largest absolute Gasteiger partial charge is 0.492 e. The van der Waals surface area contributed by atoms with Crippen LogP contribution in [0.5, 0.6) is 5.75 Å². The fourth-order valence-electron chi connectivity index (χ4n) is 2.34. The molecule has 1 heterocycles. The van der Waals surface area contributed by atoms with E-state index in [0.717, 1.165) is 24.5 Å². The molecule has 0 fully saturated rings. The highest BCUT2D eigenvalue weighted by Gasteiger charge is 2.36. The Labute approximate surface area is 211 Å². The predicted octanol–water partition coefficient (Wildman–Crippen LogP) is 6.62. The van der Waals surface area contributed by atoms with Crippen molar-refractivity contribution in [3.05, 3.63) is 35.2 Å². The number of halogens is 4. The Morgan fingerprint density at radius 1 is 1.08 bits per heavy atom. The molecule has 0 saturated carbocycles. The zero-order chi connectivity index (χ0) is 18.8. The van der Waals surface area contributed by atoms with Crippen LogP contribution in [0.1, 0.15) is 18.9 Å². The summed E-state index contributed by atoms with van der Waals surface area (Å²) in [6.45, 7) is 4.97. The summed E-state index contributed by atoms with van der Waals surface area (Å²) in [4.78, 5) is 3.22. The van der Waals surface area contributed by atoms with Gasteiger partial charge in [-0.3, -0.25) is 0 Å². The first-order chi connectivity index (χ1) is 11.6. The molecule has 0 aliphatic heterocycles. The quantitative estimate of drug-likeness (QED) is 0.135. The third-order valence-corrected chi connectivity index (χ3v) is 6.48. The van der Waals surface area contributed by atoms with Gasteiger partial charge in [-0.25, -0.2) is 0 Å². The summed E-state index contributed by atoms with van der Waals surface area (Å²) in [5.41, 5.74) is 3.35. The molecule has 0 aliphatic carbocycles. The predicted molar refractivity (Wildman–Crippen MR) is 146 cm³/mol. The topological polar surface area (TPSA) is 12.5 Å². The summed E-state index contributed by atoms with van der Waals surface area (Å²) in [6, 6.07) is 8.36. The van der Waals surface area contributed by atoms with Gasteiger partial charge in [-0.15, -0.1) is 11.3 Å². The van der Waals surface area contributed by atoms with E-state index in [1.807, 2.05) is 4.90 Å². The van der Waals surface area contributed by atoms with E-state index in [1.54, 1.807) is 11.3 Å². The molecule has 130 valence electrons. The van der Waals surface area contributed by atoms with E-state index in [4.69, 9.17) is 20.4 Å². The Kier molecular flexibility index (Phi) is 8.57. The minimum Gasteiger partial charge on any atom is -0.492 e. The van der Waals surface area contributed by atoms with E-state index < -0.39 is 2.90 Å². The van der Waals surface area contributed by atoms with E-state index in [0.29, 0.717) is 0 Å². The van der Waals surface area contributed by atoms with E-state index in [-0.39, 0.29) is 0 Å². The second-order valence-corrected chi connectivity index (χ2v) is 17.0. The highest BCUT2D eigenvalue weighted by molar-refractivity contribution is 14.2. The molecule has 9 heteroatoms. The lowest BCUT2D eigenvalue weighted by atomic mass is 10.0. The lowest BCUT2D eigenvalue weighted by Gasteiger charge is -2.43. The van der Waals surface area contributed by atoms with Crippen LogP contribution >= 0.6 is 102 Å². The zero-order valence-electron chi connectivity index (χ0n) is 13.7. The molecular formula is C16H15B2I4NOS. The van der Waals surface area contributed by atoms with Crippen LogP contribution in [0.15, 0.2) is 29.6 Å². The number of alkyl halides is 4. The first kappa shape index (κ1) is 22.9. The van der Waals surface area contributed by atoms with Crippen molar-refractivity contribution < 1.29 is 4.74 Å². The van der Waals surface area contributed by atoms with Crippen LogP contribution in [0.25, 0.3) is 10.4 Å². The van der Waals surface area contributed by atoms with E-state index in [1.165, 1.54) is 16.0 Å². The molecule has 2 rings (SSSR count). The van der Waals surface area contributed by atoms with Gasteiger partial charge in [-0.05, 0) is 31.0 Å². The average molecular weight is 799 g/mol. The number of hydrogen-bond donors (Lipinski definition) is 0. The molecule has 0 atom stereocenters. The lowest BCUT2D eigenvalue weighted by molar-refractivity contribution is 0.317. The summed E-state index contributed by atoms with van der Waals surface area (Å²) in [5.74, 6) is 0.980. The van der Waals surface area contributed by atoms with E-state index in [2.05, 4.69) is 134 Å². The van der Waals surface area contributed by atoms with Gasteiger partial charge in [0.05, 0.1) is 9.51 Å². The first-order valence-corrected chi connectivity index (χ1v) is 12.7. The molecule has 0 saturated heterocycles. The Hall–Kier alpha value is 1.57. The van der Waals surface area contributed by atoms with Crippen LogP contribution < -0.4 is 9.64 Å². The van der Waals surface area contributed by atoms with Gasteiger partial charge in [0, 0.05) is 21.5 Å². The average Bonchev–Trinajstić information content (AvgIpc) is 2.84. The zero-order valence-corrected chi connectivity index (χ0v) is 23.2. The maximum atomic E-state index is 6.32. The summed E-state index contributed by atoms with van der Waals surface area (Å²) in [7, 11) is 12.6. The first-order valence-electron chi connectivity index (χ1n) is 7.50. The number of rotatable bonds is 7. The maximum absolute atomic E-state index is 6.32. The number of anilines is 1. The van der Waals surface area contributed by atoms with E-state index >= 15 is 0 Å². The SMILES string of the molecule is [B]C(I)(I)N(c1ccc(-c2scc(OCCC)c2C)cc1)C([B])(I)I. The lowest BCUT2D eigenvalue weighted by Crippen LogP contribution is -2.49. The molecular weight excluding hydrogens is 783 g/mol. The van der Waals surface area contributed by atoms with Crippen molar-refractivity contribution in [3.8, 4) is 16.2 Å². The van der Waals surface area contributed by atoms with Crippen molar-refractivity contribution in [2.45, 2.75) is 23.2 Å². The van der Waals surface area contributed by atoms with Crippen LogP contribution in [0.4, 0.5) is 5.69 Å². The van der Waals surface area contributed by atoms with Crippen LogP contribution in [0, 0.1) is 6.92 Å². The van der Waals surface area contributed by atoms with Gasteiger partial charge >= 0.3 is 0 Å². The molecule has 0 spiro atoms. The van der Waals surface area contributed by atoms with Crippen molar-refractivity contribution >= 4 is 123 Å². The van der Waals surface area contributed by atoms with Gasteiger partial charge in [0.25, 0.3) is 0 Å². The monoisotopic (exact) mass is 799 g/mol. The normalized spacial score (nSPS) is 12.2. The molecule has 2 nitrogen and oxygen atoms in total. The van der Waals surface area contributed by atoms with Crippen LogP contribution in [0.3, 0.4) is 0 Å². The van der Waals surface area contributed by atoms with Gasteiger partial charge in [0.15, 0.2) is 0 Å². The highest BCUT2D eigenvalue weighted by Crippen LogP contribution is 2.45. The molecule has 0 aliphatic rings. The van der Waals surface area contributed by atoms with Gasteiger partial charge < -0.3 is 9.64 Å². The minimum atomic E-state index is -0.631. The Morgan fingerprint density at radius 3 is 2.12 bits per heavy atom. The smallest absolute Gasteiger partial charge is 0.134 e. The van der Waals surface area contributed by atoms with Gasteiger partial charge in [-0.1, -0.05) is 109 Å². The third kappa shape index (κ3) is 6.02. The van der Waals surface area contributed by atoms with Gasteiger partial charge in [-0.2, -0.15) is 0 Å². The van der Waals surface area contributed by atoms with E-state index in [9.17, 15) is 0 Å². The maximum Gasteiger partial charge on any atom is 0.134 e. The summed E-state index contributed by atoms with van der Waals surface area (Å²) >= 11 is 10.5. The molecule has 4 radical (unpaired) electrons. The number of nitrogens with zero attached hydrogens (tertiary/aromatic N) is 1. The Bertz CT molecular complexity index is 696. The summed E-state index contributed by atoms with van der Waals surface area (Å²) in [5, 5.41) is 2.09. The molecule has 1 aromatic heterocycles. The number of thiophene rings is 1. The highest BCUT2D eigenvalue weighted by atomic mass is 127. The molecule has 0 N–H and O–H groups in total. The summed E-state index contributed by atoms with van der Waals surface area (Å²) < 4.78 is 4.54. The Morgan fingerprint density at radius 2 is 1.64 bits per heavy atom. The molecule has 25 heavy (non-hydrogen) atoms. The van der Waals surface area contributed by atoms with Crippen molar-refractivity contribution in [1.82, 2.24) is 0 Å². The fraction of sp³-hybridized carbons (Fsp3) is 0.375. The second kappa shape index (κ2) is 9.38. The molecule has 2 aromatic rings. The molecule has 0 bridgehead atoms. The number of benzene rings is 1. The van der Waals surface area contributed by atoms with Gasteiger partial charge in [0.1, 0.15) is 21.4 Å².